The molecule has 1 heteroatoms. The molecule has 0 heterocycles. The largest absolute Gasteiger partial charge is 0.315 e. The zero-order chi connectivity index (χ0) is 14.5. The molecule has 0 amide bonds. The summed E-state index contributed by atoms with van der Waals surface area (Å²) in [4.78, 5) is 0. The lowest BCUT2D eigenvalue weighted by molar-refractivity contribution is 0.441. The van der Waals surface area contributed by atoms with Crippen LogP contribution in [-0.4, -0.2) is 12.6 Å². The van der Waals surface area contributed by atoms with Crippen molar-refractivity contribution in [3.63, 3.8) is 0 Å². The van der Waals surface area contributed by atoms with Gasteiger partial charge in [0.05, 0.1) is 0 Å². The van der Waals surface area contributed by atoms with Crippen molar-refractivity contribution in [3.8, 4) is 0 Å². The molecule has 1 rings (SSSR count). The normalized spacial score (nSPS) is 12.2. The Morgan fingerprint density at radius 2 is 1.68 bits per heavy atom. The smallest absolute Gasteiger partial charge is 0.00103 e. The molecule has 0 atom stereocenters. The van der Waals surface area contributed by atoms with E-state index in [0.717, 1.165) is 19.4 Å². The van der Waals surface area contributed by atoms with Crippen LogP contribution in [0.25, 0.3) is 0 Å². The van der Waals surface area contributed by atoms with Gasteiger partial charge >= 0.3 is 0 Å². The first-order chi connectivity index (χ1) is 8.90. The average molecular weight is 261 g/mol. The Balaban J connectivity index is 2.82. The highest BCUT2D eigenvalue weighted by molar-refractivity contribution is 5.35. The second kappa shape index (κ2) is 7.09. The zero-order valence-corrected chi connectivity index (χ0v) is 13.6. The minimum absolute atomic E-state index is 0.248. The van der Waals surface area contributed by atoms with Gasteiger partial charge in [-0.05, 0) is 47.9 Å². The minimum Gasteiger partial charge on any atom is -0.315 e. The van der Waals surface area contributed by atoms with Crippen molar-refractivity contribution in [2.24, 2.45) is 0 Å². The third kappa shape index (κ3) is 4.65. The lowest BCUT2D eigenvalue weighted by atomic mass is 9.80. The summed E-state index contributed by atoms with van der Waals surface area (Å²) in [5.41, 5.74) is 4.75. The van der Waals surface area contributed by atoms with Gasteiger partial charge < -0.3 is 5.32 Å². The highest BCUT2D eigenvalue weighted by Gasteiger charge is 2.20. The number of rotatable bonds is 7. The third-order valence-corrected chi connectivity index (χ3v) is 4.05. The van der Waals surface area contributed by atoms with Gasteiger partial charge in [0, 0.05) is 6.04 Å². The molecule has 1 aromatic rings. The lowest BCUT2D eigenvalue weighted by Crippen LogP contribution is -2.29. The molecular formula is C18H31N. The number of aryl methyl sites for hydroxylation is 2. The number of nitrogens with one attached hydrogen (secondary N) is 1. The second-order valence-electron chi connectivity index (χ2n) is 6.43. The van der Waals surface area contributed by atoms with Crippen molar-refractivity contribution in [3.05, 3.63) is 34.9 Å². The molecule has 1 N–H and O–H groups in total. The molecule has 0 aliphatic carbocycles. The van der Waals surface area contributed by atoms with E-state index in [4.69, 9.17) is 0 Å². The standard InChI is InChI=1S/C18H31N/c1-7-15-9-10-17(13-16(15)8-2)18(5,6)11-12-19-14(3)4/h9-10,13-14,19H,7-8,11-12H2,1-6H3. The van der Waals surface area contributed by atoms with E-state index in [-0.39, 0.29) is 5.41 Å². The second-order valence-corrected chi connectivity index (χ2v) is 6.43. The number of benzene rings is 1. The molecule has 1 nitrogen and oxygen atoms in total. The van der Waals surface area contributed by atoms with Crippen LogP contribution in [0.2, 0.25) is 0 Å². The summed E-state index contributed by atoms with van der Waals surface area (Å²) in [5.74, 6) is 0. The lowest BCUT2D eigenvalue weighted by Gasteiger charge is -2.27. The first-order valence-corrected chi connectivity index (χ1v) is 7.76. The first-order valence-electron chi connectivity index (χ1n) is 7.76. The van der Waals surface area contributed by atoms with E-state index in [9.17, 15) is 0 Å². The van der Waals surface area contributed by atoms with Crippen LogP contribution >= 0.6 is 0 Å². The topological polar surface area (TPSA) is 12.0 Å². The molecule has 0 bridgehead atoms. The van der Waals surface area contributed by atoms with Gasteiger partial charge in [-0.3, -0.25) is 0 Å². The van der Waals surface area contributed by atoms with Crippen molar-refractivity contribution >= 4 is 0 Å². The maximum atomic E-state index is 3.52. The Hall–Kier alpha value is -0.820. The highest BCUT2D eigenvalue weighted by atomic mass is 14.9. The minimum atomic E-state index is 0.248. The molecule has 0 saturated heterocycles. The third-order valence-electron chi connectivity index (χ3n) is 4.05. The Morgan fingerprint density at radius 1 is 1.05 bits per heavy atom. The van der Waals surface area contributed by atoms with Crippen LogP contribution in [0.4, 0.5) is 0 Å². The summed E-state index contributed by atoms with van der Waals surface area (Å²) >= 11 is 0. The molecule has 0 fully saturated rings. The molecule has 0 radical (unpaired) electrons. The van der Waals surface area contributed by atoms with Crippen molar-refractivity contribution in [2.75, 3.05) is 6.54 Å². The molecule has 0 aliphatic heterocycles. The summed E-state index contributed by atoms with van der Waals surface area (Å²) in [6.07, 6.45) is 3.45. The molecule has 0 aromatic heterocycles. The van der Waals surface area contributed by atoms with Gasteiger partial charge in [0.2, 0.25) is 0 Å². The predicted molar refractivity (Wildman–Crippen MR) is 86.0 cm³/mol. The number of hydrogen-bond donors (Lipinski definition) is 1. The molecule has 19 heavy (non-hydrogen) atoms. The van der Waals surface area contributed by atoms with Crippen molar-refractivity contribution in [2.45, 2.75) is 72.3 Å². The monoisotopic (exact) mass is 261 g/mol. The van der Waals surface area contributed by atoms with E-state index >= 15 is 0 Å². The summed E-state index contributed by atoms with van der Waals surface area (Å²) in [5, 5.41) is 3.52. The van der Waals surface area contributed by atoms with Gasteiger partial charge in [0.1, 0.15) is 0 Å². The quantitative estimate of drug-likeness (QED) is 0.763. The molecule has 0 spiro atoms. The molecule has 0 aliphatic rings. The van der Waals surface area contributed by atoms with Crippen LogP contribution < -0.4 is 5.32 Å². The summed E-state index contributed by atoms with van der Waals surface area (Å²) < 4.78 is 0. The predicted octanol–water partition coefficient (Wildman–Crippen LogP) is 4.48. The molecular weight excluding hydrogens is 230 g/mol. The molecule has 108 valence electrons. The molecule has 1 aromatic carbocycles. The van der Waals surface area contributed by atoms with E-state index in [1.54, 1.807) is 0 Å². The van der Waals surface area contributed by atoms with Crippen molar-refractivity contribution < 1.29 is 0 Å². The highest BCUT2D eigenvalue weighted by Crippen LogP contribution is 2.28. The zero-order valence-electron chi connectivity index (χ0n) is 13.6. The van der Waals surface area contributed by atoms with E-state index in [1.807, 2.05) is 0 Å². The Kier molecular flexibility index (Phi) is 6.06. The molecule has 0 unspecified atom stereocenters. The number of hydrogen-bond acceptors (Lipinski definition) is 1. The van der Waals surface area contributed by atoms with E-state index < -0.39 is 0 Å². The van der Waals surface area contributed by atoms with Crippen LogP contribution in [0.5, 0.6) is 0 Å². The fraction of sp³-hybridized carbons (Fsp3) is 0.667. The maximum Gasteiger partial charge on any atom is 0.00103 e. The van der Waals surface area contributed by atoms with Crippen LogP contribution in [0.15, 0.2) is 18.2 Å². The van der Waals surface area contributed by atoms with Crippen molar-refractivity contribution in [1.82, 2.24) is 5.32 Å². The fourth-order valence-corrected chi connectivity index (χ4v) is 2.54. The average Bonchev–Trinajstić information content (AvgIpc) is 2.37. The summed E-state index contributed by atoms with van der Waals surface area (Å²) in [6.45, 7) is 14.7. The Bertz CT molecular complexity index is 391. The van der Waals surface area contributed by atoms with Crippen LogP contribution in [0.3, 0.4) is 0 Å². The van der Waals surface area contributed by atoms with Gasteiger partial charge in [-0.25, -0.2) is 0 Å². The van der Waals surface area contributed by atoms with Gasteiger partial charge in [0.25, 0.3) is 0 Å². The first kappa shape index (κ1) is 16.2. The van der Waals surface area contributed by atoms with Gasteiger partial charge in [-0.1, -0.05) is 59.7 Å². The Labute approximate surface area is 119 Å². The molecule has 0 saturated carbocycles. The van der Waals surface area contributed by atoms with E-state index in [0.29, 0.717) is 6.04 Å². The van der Waals surface area contributed by atoms with E-state index in [2.05, 4.69) is 65.1 Å². The van der Waals surface area contributed by atoms with Gasteiger partial charge in [-0.2, -0.15) is 0 Å². The summed E-state index contributed by atoms with van der Waals surface area (Å²) in [7, 11) is 0. The van der Waals surface area contributed by atoms with E-state index in [1.165, 1.54) is 23.1 Å². The maximum absolute atomic E-state index is 3.52. The van der Waals surface area contributed by atoms with Crippen LogP contribution in [0.1, 0.15) is 64.7 Å². The van der Waals surface area contributed by atoms with Crippen LogP contribution in [-0.2, 0) is 18.3 Å². The van der Waals surface area contributed by atoms with Crippen LogP contribution in [0, 0.1) is 0 Å². The van der Waals surface area contributed by atoms with Gasteiger partial charge in [-0.15, -0.1) is 0 Å². The van der Waals surface area contributed by atoms with Crippen molar-refractivity contribution in [1.29, 1.82) is 0 Å². The van der Waals surface area contributed by atoms with Gasteiger partial charge in [0.15, 0.2) is 0 Å². The SMILES string of the molecule is CCc1ccc(C(C)(C)CCNC(C)C)cc1CC. The fourth-order valence-electron chi connectivity index (χ4n) is 2.54. The Morgan fingerprint density at radius 3 is 2.21 bits per heavy atom. The summed E-state index contributed by atoms with van der Waals surface area (Å²) in [6, 6.07) is 7.65.